The first-order chi connectivity index (χ1) is 10.2. The highest BCUT2D eigenvalue weighted by molar-refractivity contribution is 5.28. The molecule has 0 radical (unpaired) electrons. The van der Waals surface area contributed by atoms with Crippen molar-refractivity contribution in [3.8, 4) is 0 Å². The van der Waals surface area contributed by atoms with Crippen molar-refractivity contribution < 1.29 is 4.74 Å². The Labute approximate surface area is 128 Å². The Bertz CT molecular complexity index is 445. The lowest BCUT2D eigenvalue weighted by molar-refractivity contribution is -0.0796. The molecule has 0 bridgehead atoms. The molecule has 2 unspecified atom stereocenters. The van der Waals surface area contributed by atoms with Crippen LogP contribution in [0.2, 0.25) is 0 Å². The lowest BCUT2D eigenvalue weighted by Gasteiger charge is -2.44. The minimum Gasteiger partial charge on any atom is -0.374 e. The molecule has 2 atom stereocenters. The highest BCUT2D eigenvalue weighted by Crippen LogP contribution is 2.39. The Kier molecular flexibility index (Phi) is 5.73. The van der Waals surface area contributed by atoms with E-state index < -0.39 is 0 Å². The number of pyridine rings is 1. The van der Waals surface area contributed by atoms with E-state index in [1.54, 1.807) is 0 Å². The van der Waals surface area contributed by atoms with Gasteiger partial charge in [0, 0.05) is 24.4 Å². The third-order valence-electron chi connectivity index (χ3n) is 5.02. The summed E-state index contributed by atoms with van der Waals surface area (Å²) in [4.78, 5) is 4.66. The number of nitrogens with zero attached hydrogens (tertiary/aromatic N) is 1. The van der Waals surface area contributed by atoms with Crippen molar-refractivity contribution in [1.29, 1.82) is 0 Å². The van der Waals surface area contributed by atoms with Gasteiger partial charge in [0.15, 0.2) is 0 Å². The van der Waals surface area contributed by atoms with Crippen molar-refractivity contribution in [1.82, 2.24) is 10.4 Å². The molecule has 2 rings (SSSR count). The molecular weight excluding hydrogens is 262 g/mol. The molecule has 0 amide bonds. The summed E-state index contributed by atoms with van der Waals surface area (Å²) in [6.07, 6.45) is 7.22. The lowest BCUT2D eigenvalue weighted by atomic mass is 9.73. The fraction of sp³-hybridized carbons (Fsp3) is 0.706. The van der Waals surface area contributed by atoms with Gasteiger partial charge in [-0.1, -0.05) is 19.9 Å². The quantitative estimate of drug-likeness (QED) is 0.599. The number of nitrogens with two attached hydrogens (primary N) is 1. The molecule has 1 heterocycles. The predicted octanol–water partition coefficient (Wildman–Crippen LogP) is 2.93. The fourth-order valence-corrected chi connectivity index (χ4v) is 3.88. The number of aromatic nitrogens is 1. The normalized spacial score (nSPS) is 20.1. The third-order valence-corrected chi connectivity index (χ3v) is 5.02. The van der Waals surface area contributed by atoms with E-state index in [2.05, 4.69) is 37.2 Å². The van der Waals surface area contributed by atoms with Gasteiger partial charge in [-0.25, -0.2) is 0 Å². The summed E-state index contributed by atoms with van der Waals surface area (Å²) < 4.78 is 6.18. The Balaban J connectivity index is 2.37. The van der Waals surface area contributed by atoms with E-state index in [1.165, 1.54) is 17.7 Å². The Morgan fingerprint density at radius 3 is 2.81 bits per heavy atom. The zero-order chi connectivity index (χ0) is 15.3. The number of aryl methyl sites for hydroxylation is 1. The minimum absolute atomic E-state index is 0.0985. The molecule has 0 saturated carbocycles. The van der Waals surface area contributed by atoms with Crippen molar-refractivity contribution in [3.63, 3.8) is 0 Å². The molecule has 0 spiro atoms. The topological polar surface area (TPSA) is 60.2 Å². The fourth-order valence-electron chi connectivity index (χ4n) is 3.88. The van der Waals surface area contributed by atoms with Crippen LogP contribution < -0.4 is 11.3 Å². The molecule has 0 aromatic carbocycles. The van der Waals surface area contributed by atoms with E-state index in [0.717, 1.165) is 25.7 Å². The number of nitrogens with one attached hydrogen (secondary N) is 1. The molecule has 0 aliphatic heterocycles. The summed E-state index contributed by atoms with van der Waals surface area (Å²) in [6.45, 7) is 7.14. The molecule has 4 nitrogen and oxygen atoms in total. The van der Waals surface area contributed by atoms with Gasteiger partial charge in [0.2, 0.25) is 0 Å². The second-order valence-corrected chi connectivity index (χ2v) is 5.90. The maximum Gasteiger partial charge on any atom is 0.0849 e. The summed E-state index contributed by atoms with van der Waals surface area (Å²) in [5.74, 6) is 6.30. The van der Waals surface area contributed by atoms with Crippen LogP contribution >= 0.6 is 0 Å². The first-order valence-electron chi connectivity index (χ1n) is 8.26. The van der Waals surface area contributed by atoms with Crippen molar-refractivity contribution >= 4 is 0 Å². The van der Waals surface area contributed by atoms with Gasteiger partial charge in [-0.05, 0) is 50.7 Å². The summed E-state index contributed by atoms with van der Waals surface area (Å²) >= 11 is 0. The van der Waals surface area contributed by atoms with E-state index >= 15 is 0 Å². The largest absolute Gasteiger partial charge is 0.374 e. The summed E-state index contributed by atoms with van der Waals surface area (Å²) in [6, 6.07) is 4.32. The van der Waals surface area contributed by atoms with Crippen molar-refractivity contribution in [2.24, 2.45) is 5.84 Å². The molecule has 1 aromatic rings. The SMILES string of the molecule is CCOC(CC)(CC)C(NN)C1CCCc2cccnc21. The predicted molar refractivity (Wildman–Crippen MR) is 86.0 cm³/mol. The molecular formula is C17H29N3O. The average molecular weight is 291 g/mol. The zero-order valence-corrected chi connectivity index (χ0v) is 13.6. The molecule has 118 valence electrons. The molecule has 3 N–H and O–H groups in total. The van der Waals surface area contributed by atoms with Crippen LogP contribution in [0.5, 0.6) is 0 Å². The maximum atomic E-state index is 6.18. The lowest BCUT2D eigenvalue weighted by Crippen LogP contribution is -2.57. The monoisotopic (exact) mass is 291 g/mol. The molecule has 0 saturated heterocycles. The number of hydrogen-bond acceptors (Lipinski definition) is 4. The molecule has 1 aliphatic rings. The van der Waals surface area contributed by atoms with Gasteiger partial charge in [0.05, 0.1) is 11.6 Å². The second-order valence-electron chi connectivity index (χ2n) is 5.90. The van der Waals surface area contributed by atoms with Gasteiger partial charge in [0.25, 0.3) is 0 Å². The van der Waals surface area contributed by atoms with Crippen LogP contribution in [0.1, 0.15) is 63.6 Å². The standard InChI is InChI=1S/C17H29N3O/c1-4-17(5-2,21-6-3)16(20-18)14-11-7-9-13-10-8-12-19-15(13)14/h8,10,12,14,16,20H,4-7,9,11,18H2,1-3H3. The molecule has 4 heteroatoms. The Morgan fingerprint density at radius 2 is 2.19 bits per heavy atom. The van der Waals surface area contributed by atoms with E-state index in [4.69, 9.17) is 10.6 Å². The molecule has 21 heavy (non-hydrogen) atoms. The van der Waals surface area contributed by atoms with E-state index in [1.807, 2.05) is 12.3 Å². The van der Waals surface area contributed by atoms with Gasteiger partial charge < -0.3 is 4.74 Å². The molecule has 1 aromatic heterocycles. The van der Waals surface area contributed by atoms with Crippen molar-refractivity contribution in [2.75, 3.05) is 6.61 Å². The number of rotatable bonds is 7. The Morgan fingerprint density at radius 1 is 1.43 bits per heavy atom. The van der Waals surface area contributed by atoms with E-state index in [0.29, 0.717) is 12.5 Å². The van der Waals surface area contributed by atoms with Gasteiger partial charge in [0.1, 0.15) is 0 Å². The third kappa shape index (κ3) is 3.12. The van der Waals surface area contributed by atoms with E-state index in [9.17, 15) is 0 Å². The second kappa shape index (κ2) is 7.34. The van der Waals surface area contributed by atoms with Crippen LogP contribution in [-0.2, 0) is 11.2 Å². The highest BCUT2D eigenvalue weighted by Gasteiger charge is 2.43. The van der Waals surface area contributed by atoms with Crippen LogP contribution in [0, 0.1) is 0 Å². The van der Waals surface area contributed by atoms with Crippen LogP contribution in [0.15, 0.2) is 18.3 Å². The number of ether oxygens (including phenoxy) is 1. The average Bonchev–Trinajstić information content (AvgIpc) is 2.54. The van der Waals surface area contributed by atoms with Crippen LogP contribution in [0.4, 0.5) is 0 Å². The van der Waals surface area contributed by atoms with Gasteiger partial charge >= 0.3 is 0 Å². The van der Waals surface area contributed by atoms with E-state index in [-0.39, 0.29) is 11.6 Å². The zero-order valence-electron chi connectivity index (χ0n) is 13.6. The molecule has 1 aliphatic carbocycles. The maximum absolute atomic E-state index is 6.18. The smallest absolute Gasteiger partial charge is 0.0849 e. The minimum atomic E-state index is -0.222. The highest BCUT2D eigenvalue weighted by atomic mass is 16.5. The number of hydrazine groups is 1. The molecule has 0 fully saturated rings. The van der Waals surface area contributed by atoms with Crippen LogP contribution in [0.3, 0.4) is 0 Å². The number of fused-ring (bicyclic) bond motifs is 1. The van der Waals surface area contributed by atoms with Crippen molar-refractivity contribution in [3.05, 3.63) is 29.6 Å². The van der Waals surface area contributed by atoms with Crippen LogP contribution in [-0.4, -0.2) is 23.2 Å². The summed E-state index contributed by atoms with van der Waals surface area (Å²) in [7, 11) is 0. The first-order valence-corrected chi connectivity index (χ1v) is 8.26. The van der Waals surface area contributed by atoms with Gasteiger partial charge in [-0.15, -0.1) is 0 Å². The summed E-state index contributed by atoms with van der Waals surface area (Å²) in [5.41, 5.74) is 5.43. The van der Waals surface area contributed by atoms with Crippen LogP contribution in [0.25, 0.3) is 0 Å². The van der Waals surface area contributed by atoms with Gasteiger partial charge in [-0.3, -0.25) is 16.3 Å². The van der Waals surface area contributed by atoms with Crippen molar-refractivity contribution in [2.45, 2.75) is 70.4 Å². The number of hydrogen-bond donors (Lipinski definition) is 2. The van der Waals surface area contributed by atoms with Gasteiger partial charge in [-0.2, -0.15) is 0 Å². The first kappa shape index (κ1) is 16.4. The Hall–Kier alpha value is -0.970. The summed E-state index contributed by atoms with van der Waals surface area (Å²) in [5, 5.41) is 0.